The maximum absolute atomic E-state index is 12.5. The van der Waals surface area contributed by atoms with E-state index in [-0.39, 0.29) is 10.9 Å². The standard InChI is InChI=1S/C20H24N4O3S/c1-14(2)24(4)28(25,26)18-11-9-17(10-12-18)21-13-19-22-20(23-27-19)16-7-5-15(3)6-8-16/h5-12,14,21H,13H2,1-4H3. The van der Waals surface area contributed by atoms with E-state index in [9.17, 15) is 8.42 Å². The van der Waals surface area contributed by atoms with Crippen LogP contribution in [0.1, 0.15) is 25.3 Å². The van der Waals surface area contributed by atoms with Gasteiger partial charge >= 0.3 is 0 Å². The summed E-state index contributed by atoms with van der Waals surface area (Å²) in [5, 5.41) is 7.16. The maximum Gasteiger partial charge on any atom is 0.246 e. The highest BCUT2D eigenvalue weighted by molar-refractivity contribution is 7.89. The Bertz CT molecular complexity index is 1030. The summed E-state index contributed by atoms with van der Waals surface area (Å²) in [4.78, 5) is 4.64. The summed E-state index contributed by atoms with van der Waals surface area (Å²) in [5.74, 6) is 0.988. The van der Waals surface area contributed by atoms with Gasteiger partial charge in [0.2, 0.25) is 21.7 Å². The monoisotopic (exact) mass is 400 g/mol. The minimum absolute atomic E-state index is 0.108. The first-order valence-corrected chi connectivity index (χ1v) is 10.4. The van der Waals surface area contributed by atoms with E-state index in [1.54, 1.807) is 31.3 Å². The minimum Gasteiger partial charge on any atom is -0.376 e. The molecule has 148 valence electrons. The van der Waals surface area contributed by atoms with E-state index in [0.717, 1.165) is 11.3 Å². The van der Waals surface area contributed by atoms with Gasteiger partial charge in [-0.15, -0.1) is 0 Å². The normalized spacial score (nSPS) is 11.9. The van der Waals surface area contributed by atoms with Crippen LogP contribution in [-0.2, 0) is 16.6 Å². The number of sulfonamides is 1. The number of nitrogens with zero attached hydrogens (tertiary/aromatic N) is 3. The average Bonchev–Trinajstić information content (AvgIpc) is 3.15. The van der Waals surface area contributed by atoms with Crippen LogP contribution >= 0.6 is 0 Å². The van der Waals surface area contributed by atoms with Gasteiger partial charge in [-0.25, -0.2) is 8.42 Å². The summed E-state index contributed by atoms with van der Waals surface area (Å²) in [6.45, 7) is 6.04. The smallest absolute Gasteiger partial charge is 0.246 e. The number of aryl methyl sites for hydroxylation is 1. The molecule has 0 aliphatic rings. The third-order valence-corrected chi connectivity index (χ3v) is 6.53. The summed E-state index contributed by atoms with van der Waals surface area (Å²) in [6.07, 6.45) is 0. The second-order valence-electron chi connectivity index (χ2n) is 6.87. The van der Waals surface area contributed by atoms with E-state index in [2.05, 4.69) is 15.5 Å². The van der Waals surface area contributed by atoms with Crippen LogP contribution in [0.3, 0.4) is 0 Å². The fourth-order valence-corrected chi connectivity index (χ4v) is 3.88. The van der Waals surface area contributed by atoms with Crippen molar-refractivity contribution in [3.63, 3.8) is 0 Å². The molecule has 0 amide bonds. The van der Waals surface area contributed by atoms with Gasteiger partial charge in [-0.2, -0.15) is 9.29 Å². The predicted molar refractivity (Wildman–Crippen MR) is 108 cm³/mol. The number of hydrogen-bond acceptors (Lipinski definition) is 6. The Balaban J connectivity index is 1.65. The Morgan fingerprint density at radius 3 is 2.32 bits per heavy atom. The number of hydrogen-bond donors (Lipinski definition) is 1. The first kappa shape index (κ1) is 20.0. The van der Waals surface area contributed by atoms with Crippen molar-refractivity contribution in [2.45, 2.75) is 38.3 Å². The van der Waals surface area contributed by atoms with E-state index in [1.165, 1.54) is 9.87 Å². The molecular weight excluding hydrogens is 376 g/mol. The van der Waals surface area contributed by atoms with E-state index in [4.69, 9.17) is 4.52 Å². The van der Waals surface area contributed by atoms with Gasteiger partial charge in [0.1, 0.15) is 0 Å². The molecular formula is C20H24N4O3S. The largest absolute Gasteiger partial charge is 0.376 e. The van der Waals surface area contributed by atoms with E-state index in [0.29, 0.717) is 18.3 Å². The molecule has 0 saturated carbocycles. The predicted octanol–water partition coefficient (Wildman–Crippen LogP) is 3.69. The van der Waals surface area contributed by atoms with Crippen molar-refractivity contribution in [2.24, 2.45) is 0 Å². The Morgan fingerprint density at radius 2 is 1.71 bits per heavy atom. The molecule has 0 bridgehead atoms. The molecule has 0 atom stereocenters. The molecule has 1 N–H and O–H groups in total. The van der Waals surface area contributed by atoms with Gasteiger partial charge in [0.25, 0.3) is 0 Å². The minimum atomic E-state index is -3.49. The lowest BCUT2D eigenvalue weighted by molar-refractivity contribution is 0.384. The van der Waals surface area contributed by atoms with Crippen LogP contribution < -0.4 is 5.32 Å². The Morgan fingerprint density at radius 1 is 1.07 bits per heavy atom. The van der Waals surface area contributed by atoms with E-state index >= 15 is 0 Å². The number of nitrogens with one attached hydrogen (secondary N) is 1. The first-order chi connectivity index (χ1) is 13.3. The summed E-state index contributed by atoms with van der Waals surface area (Å²) in [6, 6.07) is 14.4. The highest BCUT2D eigenvalue weighted by Crippen LogP contribution is 2.20. The molecule has 1 aromatic heterocycles. The molecule has 0 unspecified atom stereocenters. The van der Waals surface area contributed by atoms with Gasteiger partial charge in [0.05, 0.1) is 11.4 Å². The summed E-state index contributed by atoms with van der Waals surface area (Å²) in [7, 11) is -1.91. The quantitative estimate of drug-likeness (QED) is 0.651. The molecule has 0 radical (unpaired) electrons. The van der Waals surface area contributed by atoms with Gasteiger partial charge in [0.15, 0.2) is 0 Å². The summed E-state index contributed by atoms with van der Waals surface area (Å²) in [5.41, 5.74) is 2.82. The topological polar surface area (TPSA) is 88.3 Å². The second-order valence-corrected chi connectivity index (χ2v) is 8.87. The Kier molecular flexibility index (Phi) is 5.81. The highest BCUT2D eigenvalue weighted by Gasteiger charge is 2.22. The third-order valence-electron chi connectivity index (χ3n) is 4.48. The number of benzene rings is 2. The van der Waals surface area contributed by atoms with Crippen LogP contribution in [0.15, 0.2) is 57.9 Å². The first-order valence-electron chi connectivity index (χ1n) is 8.99. The summed E-state index contributed by atoms with van der Waals surface area (Å²) >= 11 is 0. The highest BCUT2D eigenvalue weighted by atomic mass is 32.2. The second kappa shape index (κ2) is 8.12. The van der Waals surface area contributed by atoms with Crippen LogP contribution in [0.2, 0.25) is 0 Å². The lowest BCUT2D eigenvalue weighted by Gasteiger charge is -2.21. The zero-order chi connectivity index (χ0) is 20.3. The number of anilines is 1. The molecule has 0 spiro atoms. The van der Waals surface area contributed by atoms with E-state index in [1.807, 2.05) is 45.0 Å². The van der Waals surface area contributed by atoms with Crippen LogP contribution in [0.5, 0.6) is 0 Å². The maximum atomic E-state index is 12.5. The Labute approximate surface area is 165 Å². The van der Waals surface area contributed by atoms with Crippen LogP contribution in [0.25, 0.3) is 11.4 Å². The van der Waals surface area contributed by atoms with Crippen LogP contribution in [0.4, 0.5) is 5.69 Å². The lowest BCUT2D eigenvalue weighted by atomic mass is 10.1. The van der Waals surface area contributed by atoms with Crippen molar-refractivity contribution in [1.82, 2.24) is 14.4 Å². The van der Waals surface area contributed by atoms with Gasteiger partial charge < -0.3 is 9.84 Å². The zero-order valence-electron chi connectivity index (χ0n) is 16.4. The number of aromatic nitrogens is 2. The van der Waals surface area contributed by atoms with Crippen molar-refractivity contribution in [1.29, 1.82) is 0 Å². The molecule has 0 aliphatic carbocycles. The van der Waals surface area contributed by atoms with Crippen LogP contribution in [0, 0.1) is 6.92 Å². The van der Waals surface area contributed by atoms with Crippen LogP contribution in [-0.4, -0.2) is 36.0 Å². The zero-order valence-corrected chi connectivity index (χ0v) is 17.2. The fraction of sp³-hybridized carbons (Fsp3) is 0.300. The molecule has 7 nitrogen and oxygen atoms in total. The van der Waals surface area contributed by atoms with E-state index < -0.39 is 10.0 Å². The average molecular weight is 401 g/mol. The molecule has 0 fully saturated rings. The van der Waals surface area contributed by atoms with Crippen molar-refractivity contribution in [3.8, 4) is 11.4 Å². The Hall–Kier alpha value is -2.71. The molecule has 0 aliphatic heterocycles. The van der Waals surface area contributed by atoms with Crippen molar-refractivity contribution < 1.29 is 12.9 Å². The lowest BCUT2D eigenvalue weighted by Crippen LogP contribution is -2.33. The number of rotatable bonds is 7. The molecule has 8 heteroatoms. The fourth-order valence-electron chi connectivity index (χ4n) is 2.51. The molecule has 0 saturated heterocycles. The van der Waals surface area contributed by atoms with Crippen molar-refractivity contribution in [2.75, 3.05) is 12.4 Å². The molecule has 3 aromatic rings. The molecule has 2 aromatic carbocycles. The van der Waals surface area contributed by atoms with Gasteiger partial charge in [0, 0.05) is 24.3 Å². The van der Waals surface area contributed by atoms with Gasteiger partial charge in [-0.1, -0.05) is 35.0 Å². The molecule has 3 rings (SSSR count). The van der Waals surface area contributed by atoms with Crippen molar-refractivity contribution in [3.05, 3.63) is 60.0 Å². The van der Waals surface area contributed by atoms with Crippen molar-refractivity contribution >= 4 is 15.7 Å². The van der Waals surface area contributed by atoms with Gasteiger partial charge in [-0.3, -0.25) is 0 Å². The molecule has 1 heterocycles. The third kappa shape index (κ3) is 4.40. The SMILES string of the molecule is Cc1ccc(-c2noc(CNc3ccc(S(=O)(=O)N(C)C(C)C)cc3)n2)cc1. The van der Waals surface area contributed by atoms with Gasteiger partial charge in [-0.05, 0) is 45.0 Å². The molecule has 28 heavy (non-hydrogen) atoms. The summed E-state index contributed by atoms with van der Waals surface area (Å²) < 4.78 is 31.6.